The maximum absolute atomic E-state index is 10.9. The Morgan fingerprint density at radius 2 is 2.25 bits per heavy atom. The van der Waals surface area contributed by atoms with E-state index in [0.717, 1.165) is 5.69 Å². The predicted octanol–water partition coefficient (Wildman–Crippen LogP) is 1.19. The second-order valence-electron chi connectivity index (χ2n) is 2.87. The maximum Gasteiger partial charge on any atom is 0.177 e. The van der Waals surface area contributed by atoms with Crippen molar-refractivity contribution < 1.29 is 4.55 Å². The van der Waals surface area contributed by atoms with Crippen molar-refractivity contribution in [3.8, 4) is 0 Å². The van der Waals surface area contributed by atoms with Crippen LogP contribution >= 0.6 is 0 Å². The van der Waals surface area contributed by atoms with Crippen LogP contribution in [-0.4, -0.2) is 9.54 Å². The Hall–Kier alpha value is -0.580. The molecule has 0 saturated heterocycles. The molecule has 0 saturated carbocycles. The van der Waals surface area contributed by atoms with Crippen LogP contribution in [0.4, 0.5) is 0 Å². The molecule has 3 nitrogen and oxygen atoms in total. The number of pyridine rings is 1. The minimum absolute atomic E-state index is 0.341. The van der Waals surface area contributed by atoms with Crippen LogP contribution in [-0.2, 0) is 11.4 Å². The molecule has 1 aromatic heterocycles. The number of nitrogens with two attached hydrogens (primary N) is 1. The van der Waals surface area contributed by atoms with Gasteiger partial charge in [0, 0.05) is 24.0 Å². The Labute approximate surface area is 75.3 Å². The Kier molecular flexibility index (Phi) is 3.08. The van der Waals surface area contributed by atoms with E-state index < -0.39 is 11.4 Å². The predicted molar refractivity (Wildman–Crippen MR) is 48.9 cm³/mol. The van der Waals surface area contributed by atoms with Crippen molar-refractivity contribution in [1.29, 1.82) is 0 Å². The van der Waals surface area contributed by atoms with Crippen molar-refractivity contribution in [2.24, 2.45) is 5.14 Å². The van der Waals surface area contributed by atoms with E-state index in [-0.39, 0.29) is 0 Å². The quantitative estimate of drug-likeness (QED) is 0.702. The summed E-state index contributed by atoms with van der Waals surface area (Å²) in [6.07, 6.45) is 1.63. The van der Waals surface area contributed by atoms with E-state index in [1.807, 2.05) is 13.8 Å². The number of hydrogen-bond acceptors (Lipinski definition) is 3. The molecule has 1 heterocycles. The third-order valence-electron chi connectivity index (χ3n) is 1.58. The molecule has 0 amide bonds. The molecule has 0 bridgehead atoms. The van der Waals surface area contributed by atoms with Crippen molar-refractivity contribution >= 4 is 11.4 Å². The molecule has 0 aliphatic heterocycles. The molecule has 4 heteroatoms. The van der Waals surface area contributed by atoms with E-state index >= 15 is 0 Å². The summed E-state index contributed by atoms with van der Waals surface area (Å²) in [5.41, 5.74) is 0.923. The summed E-state index contributed by atoms with van der Waals surface area (Å²) in [4.78, 5) is 4.76. The minimum atomic E-state index is -1.40. The van der Waals surface area contributed by atoms with Crippen molar-refractivity contribution in [3.05, 3.63) is 24.0 Å². The average Bonchev–Trinajstić information content (AvgIpc) is 2.04. The molecule has 1 aromatic rings. The lowest BCUT2D eigenvalue weighted by atomic mass is 10.1. The van der Waals surface area contributed by atoms with Crippen LogP contribution in [0.1, 0.15) is 25.5 Å². The molecule has 0 spiro atoms. The van der Waals surface area contributed by atoms with Gasteiger partial charge in [-0.05, 0) is 5.92 Å². The maximum atomic E-state index is 10.9. The fourth-order valence-corrected chi connectivity index (χ4v) is 1.30. The minimum Gasteiger partial charge on any atom is -0.593 e. The lowest BCUT2D eigenvalue weighted by molar-refractivity contribution is 0.596. The van der Waals surface area contributed by atoms with Crippen molar-refractivity contribution in [3.63, 3.8) is 0 Å². The second kappa shape index (κ2) is 3.89. The average molecular weight is 184 g/mol. The molecule has 1 atom stereocenters. The third kappa shape index (κ3) is 2.20. The molecule has 0 aromatic carbocycles. The van der Waals surface area contributed by atoms with Crippen molar-refractivity contribution in [2.75, 3.05) is 0 Å². The summed E-state index contributed by atoms with van der Waals surface area (Å²) >= 11 is -1.40. The van der Waals surface area contributed by atoms with Gasteiger partial charge in [0.15, 0.2) is 4.90 Å². The first kappa shape index (κ1) is 9.51. The van der Waals surface area contributed by atoms with Gasteiger partial charge in [0.25, 0.3) is 0 Å². The zero-order valence-corrected chi connectivity index (χ0v) is 7.97. The molecule has 0 radical (unpaired) electrons. The molecule has 0 aliphatic carbocycles. The van der Waals surface area contributed by atoms with Gasteiger partial charge < -0.3 is 4.55 Å². The fraction of sp³-hybridized carbons (Fsp3) is 0.375. The molecule has 66 valence electrons. The fourth-order valence-electron chi connectivity index (χ4n) is 0.869. The van der Waals surface area contributed by atoms with Gasteiger partial charge in [-0.15, -0.1) is 5.14 Å². The van der Waals surface area contributed by atoms with E-state index in [9.17, 15) is 4.55 Å². The highest BCUT2D eigenvalue weighted by atomic mass is 32.2. The van der Waals surface area contributed by atoms with Gasteiger partial charge in [0.05, 0.1) is 11.4 Å². The van der Waals surface area contributed by atoms with Crippen LogP contribution in [0.15, 0.2) is 23.2 Å². The lowest BCUT2D eigenvalue weighted by Gasteiger charge is -2.06. The highest BCUT2D eigenvalue weighted by Crippen LogP contribution is 2.14. The molecule has 2 N–H and O–H groups in total. The smallest absolute Gasteiger partial charge is 0.177 e. The van der Waals surface area contributed by atoms with Gasteiger partial charge in [0.2, 0.25) is 0 Å². The van der Waals surface area contributed by atoms with E-state index in [0.29, 0.717) is 10.8 Å². The van der Waals surface area contributed by atoms with Gasteiger partial charge in [-0.2, -0.15) is 0 Å². The summed E-state index contributed by atoms with van der Waals surface area (Å²) in [6.45, 7) is 4.07. The molecular formula is C8H12N2OS. The first-order valence-corrected chi connectivity index (χ1v) is 4.94. The van der Waals surface area contributed by atoms with Gasteiger partial charge in [-0.1, -0.05) is 13.8 Å². The third-order valence-corrected chi connectivity index (χ3v) is 2.29. The van der Waals surface area contributed by atoms with E-state index in [1.54, 1.807) is 18.3 Å². The second-order valence-corrected chi connectivity index (χ2v) is 3.93. The zero-order valence-electron chi connectivity index (χ0n) is 7.15. The van der Waals surface area contributed by atoms with Crippen LogP contribution in [0.3, 0.4) is 0 Å². The van der Waals surface area contributed by atoms with E-state index in [1.165, 1.54) is 0 Å². The molecule has 0 fully saturated rings. The Morgan fingerprint density at radius 3 is 2.75 bits per heavy atom. The van der Waals surface area contributed by atoms with Crippen molar-refractivity contribution in [2.45, 2.75) is 24.7 Å². The first-order valence-electron chi connectivity index (χ1n) is 3.73. The molecule has 0 aliphatic rings. The van der Waals surface area contributed by atoms with Gasteiger partial charge in [0.1, 0.15) is 0 Å². The first-order chi connectivity index (χ1) is 5.61. The SMILES string of the molecule is CC(C)c1cc([S+](N)[O-])ccn1. The molecular weight excluding hydrogens is 172 g/mol. The largest absolute Gasteiger partial charge is 0.593 e. The molecule has 1 rings (SSSR count). The summed E-state index contributed by atoms with van der Waals surface area (Å²) in [5.74, 6) is 0.341. The Bertz CT molecular complexity index is 240. The van der Waals surface area contributed by atoms with Crippen LogP contribution in [0.5, 0.6) is 0 Å². The monoisotopic (exact) mass is 184 g/mol. The van der Waals surface area contributed by atoms with Gasteiger partial charge in [-0.3, -0.25) is 4.98 Å². The molecule has 1 unspecified atom stereocenters. The van der Waals surface area contributed by atoms with Crippen LogP contribution in [0.25, 0.3) is 0 Å². The normalized spacial score (nSPS) is 13.4. The summed E-state index contributed by atoms with van der Waals surface area (Å²) in [6, 6.07) is 3.45. The number of aromatic nitrogens is 1. The van der Waals surface area contributed by atoms with Gasteiger partial charge >= 0.3 is 0 Å². The highest BCUT2D eigenvalue weighted by molar-refractivity contribution is 7.89. The number of rotatable bonds is 2. The summed E-state index contributed by atoms with van der Waals surface area (Å²) in [5, 5.41) is 5.23. The summed E-state index contributed by atoms with van der Waals surface area (Å²) in [7, 11) is 0. The van der Waals surface area contributed by atoms with Crippen LogP contribution in [0, 0.1) is 0 Å². The Balaban J connectivity index is 2.96. The van der Waals surface area contributed by atoms with Gasteiger partial charge in [-0.25, -0.2) is 0 Å². The van der Waals surface area contributed by atoms with E-state index in [2.05, 4.69) is 4.98 Å². The lowest BCUT2D eigenvalue weighted by Crippen LogP contribution is -2.12. The number of hydrogen-bond donors (Lipinski definition) is 1. The standard InChI is InChI=1S/C8H12N2OS/c1-6(2)8-5-7(12(9)11)3-4-10-8/h3-6H,9H2,1-2H3. The van der Waals surface area contributed by atoms with Crippen LogP contribution in [0.2, 0.25) is 0 Å². The molecule has 12 heavy (non-hydrogen) atoms. The Morgan fingerprint density at radius 1 is 1.58 bits per heavy atom. The van der Waals surface area contributed by atoms with E-state index in [4.69, 9.17) is 5.14 Å². The van der Waals surface area contributed by atoms with Crippen molar-refractivity contribution in [1.82, 2.24) is 4.98 Å². The zero-order chi connectivity index (χ0) is 9.14. The highest BCUT2D eigenvalue weighted by Gasteiger charge is 2.08. The topological polar surface area (TPSA) is 62.0 Å². The van der Waals surface area contributed by atoms with Crippen LogP contribution < -0.4 is 5.14 Å². The number of nitrogens with zero attached hydrogens (tertiary/aromatic N) is 1. The summed E-state index contributed by atoms with van der Waals surface area (Å²) < 4.78 is 10.9.